The molecule has 20 heavy (non-hydrogen) atoms. The van der Waals surface area contributed by atoms with Crippen molar-refractivity contribution in [2.24, 2.45) is 0 Å². The molecular weight excluding hydrogens is 260 g/mol. The van der Waals surface area contributed by atoms with Gasteiger partial charge in [-0.15, -0.1) is 0 Å². The molecule has 0 radical (unpaired) electrons. The summed E-state index contributed by atoms with van der Waals surface area (Å²) in [4.78, 5) is 23.9. The maximum Gasteiger partial charge on any atom is 0.270 e. The molecule has 0 aliphatic carbocycles. The van der Waals surface area contributed by atoms with Crippen LogP contribution in [0.15, 0.2) is 18.2 Å². The number of nitro benzene ring substituents is 1. The SMILES string of the molecule is CC(=O)c1cc([N+](=O)[O-])ccc1N1CCCC(C)(O)C1. The first-order chi connectivity index (χ1) is 9.30. The van der Waals surface area contributed by atoms with Gasteiger partial charge in [-0.1, -0.05) is 0 Å². The first-order valence-corrected chi connectivity index (χ1v) is 6.57. The van der Waals surface area contributed by atoms with E-state index < -0.39 is 10.5 Å². The highest BCUT2D eigenvalue weighted by Crippen LogP contribution is 2.30. The van der Waals surface area contributed by atoms with Crippen LogP contribution in [0.25, 0.3) is 0 Å². The third-order valence-electron chi connectivity index (χ3n) is 3.59. The largest absolute Gasteiger partial charge is 0.388 e. The zero-order valence-electron chi connectivity index (χ0n) is 11.6. The second-order valence-corrected chi connectivity index (χ2v) is 5.54. The zero-order chi connectivity index (χ0) is 14.9. The van der Waals surface area contributed by atoms with Crippen LogP contribution in [0.4, 0.5) is 11.4 Å². The number of rotatable bonds is 3. The van der Waals surface area contributed by atoms with Crippen LogP contribution in [-0.2, 0) is 0 Å². The Bertz CT molecular complexity index is 554. The lowest BCUT2D eigenvalue weighted by atomic mass is 9.94. The van der Waals surface area contributed by atoms with E-state index >= 15 is 0 Å². The number of ketones is 1. The predicted molar refractivity (Wildman–Crippen MR) is 75.2 cm³/mol. The molecular formula is C14H18N2O4. The second-order valence-electron chi connectivity index (χ2n) is 5.54. The van der Waals surface area contributed by atoms with Gasteiger partial charge in [-0.25, -0.2) is 0 Å². The van der Waals surface area contributed by atoms with Crippen molar-refractivity contribution in [2.45, 2.75) is 32.3 Å². The van der Waals surface area contributed by atoms with Gasteiger partial charge in [0.15, 0.2) is 5.78 Å². The molecule has 0 aromatic heterocycles. The molecule has 1 atom stereocenters. The summed E-state index contributed by atoms with van der Waals surface area (Å²) in [5.41, 5.74) is 0.0938. The Labute approximate surface area is 117 Å². The van der Waals surface area contributed by atoms with Crippen molar-refractivity contribution < 1.29 is 14.8 Å². The highest BCUT2D eigenvalue weighted by Gasteiger charge is 2.30. The lowest BCUT2D eigenvalue weighted by Gasteiger charge is -2.38. The van der Waals surface area contributed by atoms with Crippen LogP contribution >= 0.6 is 0 Å². The third kappa shape index (κ3) is 2.96. The number of anilines is 1. The van der Waals surface area contributed by atoms with E-state index in [0.717, 1.165) is 13.0 Å². The molecule has 1 unspecified atom stereocenters. The van der Waals surface area contributed by atoms with Crippen molar-refractivity contribution in [2.75, 3.05) is 18.0 Å². The Morgan fingerprint density at radius 1 is 1.50 bits per heavy atom. The Balaban J connectivity index is 2.40. The van der Waals surface area contributed by atoms with Gasteiger partial charge >= 0.3 is 0 Å². The number of β-amino-alcohol motifs (C(OH)–C–C–N with tert-alkyl or cyclic N) is 1. The van der Waals surface area contributed by atoms with Gasteiger partial charge < -0.3 is 10.0 Å². The lowest BCUT2D eigenvalue weighted by Crippen LogP contribution is -2.46. The summed E-state index contributed by atoms with van der Waals surface area (Å²) in [7, 11) is 0. The summed E-state index contributed by atoms with van der Waals surface area (Å²) < 4.78 is 0. The summed E-state index contributed by atoms with van der Waals surface area (Å²) in [6.07, 6.45) is 1.53. The Hall–Kier alpha value is -1.95. The van der Waals surface area contributed by atoms with E-state index in [2.05, 4.69) is 0 Å². The lowest BCUT2D eigenvalue weighted by molar-refractivity contribution is -0.384. The topological polar surface area (TPSA) is 83.7 Å². The molecule has 1 heterocycles. The fourth-order valence-electron chi connectivity index (χ4n) is 2.62. The van der Waals surface area contributed by atoms with Gasteiger partial charge in [0.2, 0.25) is 0 Å². The average Bonchev–Trinajstić information content (AvgIpc) is 2.36. The number of piperidine rings is 1. The Morgan fingerprint density at radius 3 is 2.75 bits per heavy atom. The number of non-ortho nitro benzene ring substituents is 1. The van der Waals surface area contributed by atoms with Crippen LogP contribution in [0.3, 0.4) is 0 Å². The molecule has 6 nitrogen and oxygen atoms in total. The predicted octanol–water partition coefficient (Wildman–Crippen LogP) is 2.15. The van der Waals surface area contributed by atoms with Crippen LogP contribution in [0, 0.1) is 10.1 Å². The van der Waals surface area contributed by atoms with Crippen molar-refractivity contribution >= 4 is 17.2 Å². The monoisotopic (exact) mass is 278 g/mol. The van der Waals surface area contributed by atoms with Crippen molar-refractivity contribution in [3.05, 3.63) is 33.9 Å². The quantitative estimate of drug-likeness (QED) is 0.520. The first kappa shape index (κ1) is 14.5. The molecule has 1 saturated heterocycles. The van der Waals surface area contributed by atoms with Crippen molar-refractivity contribution in [1.82, 2.24) is 0 Å². The van der Waals surface area contributed by atoms with Gasteiger partial charge in [0.25, 0.3) is 5.69 Å². The Morgan fingerprint density at radius 2 is 2.20 bits per heavy atom. The molecule has 0 saturated carbocycles. The summed E-state index contributed by atoms with van der Waals surface area (Å²) >= 11 is 0. The number of benzene rings is 1. The summed E-state index contributed by atoms with van der Waals surface area (Å²) in [5.74, 6) is -0.214. The summed E-state index contributed by atoms with van der Waals surface area (Å²) in [5, 5.41) is 21.0. The smallest absolute Gasteiger partial charge is 0.270 e. The number of carbonyl (C=O) groups is 1. The van der Waals surface area contributed by atoms with Crippen LogP contribution in [0.2, 0.25) is 0 Å². The highest BCUT2D eigenvalue weighted by molar-refractivity contribution is 6.00. The Kier molecular flexibility index (Phi) is 3.76. The van der Waals surface area contributed by atoms with E-state index in [1.807, 2.05) is 4.90 Å². The molecule has 0 bridgehead atoms. The van der Waals surface area contributed by atoms with E-state index in [-0.39, 0.29) is 11.5 Å². The number of carbonyl (C=O) groups excluding carboxylic acids is 1. The molecule has 0 spiro atoms. The van der Waals surface area contributed by atoms with E-state index in [4.69, 9.17) is 0 Å². The number of nitrogens with zero attached hydrogens (tertiary/aromatic N) is 2. The number of hydrogen-bond acceptors (Lipinski definition) is 5. The minimum atomic E-state index is -0.798. The van der Waals surface area contributed by atoms with E-state index in [1.54, 1.807) is 13.0 Å². The molecule has 1 aromatic rings. The number of Topliss-reactive ketones (excluding diaryl/α,β-unsaturated/α-hetero) is 1. The van der Waals surface area contributed by atoms with Crippen LogP contribution in [-0.4, -0.2) is 34.5 Å². The highest BCUT2D eigenvalue weighted by atomic mass is 16.6. The summed E-state index contributed by atoms with van der Waals surface area (Å²) in [6.45, 7) is 4.31. The van der Waals surface area contributed by atoms with Gasteiger partial charge in [0.05, 0.1) is 10.5 Å². The molecule has 1 aromatic carbocycles. The molecule has 0 amide bonds. The van der Waals surface area contributed by atoms with Crippen LogP contribution < -0.4 is 4.90 Å². The fraction of sp³-hybridized carbons (Fsp3) is 0.500. The standard InChI is InChI=1S/C14H18N2O4/c1-10(17)12-8-11(16(19)20)4-5-13(12)15-7-3-6-14(2,18)9-15/h4-5,8,18H,3,6-7,9H2,1-2H3. The van der Waals surface area contributed by atoms with Crippen molar-refractivity contribution in [3.8, 4) is 0 Å². The van der Waals surface area contributed by atoms with Crippen LogP contribution in [0.5, 0.6) is 0 Å². The molecule has 1 fully saturated rings. The third-order valence-corrected chi connectivity index (χ3v) is 3.59. The minimum Gasteiger partial charge on any atom is -0.388 e. The maximum absolute atomic E-state index is 11.7. The molecule has 108 valence electrons. The minimum absolute atomic E-state index is 0.0947. The molecule has 6 heteroatoms. The summed E-state index contributed by atoms with van der Waals surface area (Å²) in [6, 6.07) is 4.29. The second kappa shape index (κ2) is 5.20. The fourth-order valence-corrected chi connectivity index (χ4v) is 2.62. The maximum atomic E-state index is 11.7. The zero-order valence-corrected chi connectivity index (χ0v) is 11.6. The van der Waals surface area contributed by atoms with Gasteiger partial charge in [-0.3, -0.25) is 14.9 Å². The van der Waals surface area contributed by atoms with E-state index in [0.29, 0.717) is 24.2 Å². The van der Waals surface area contributed by atoms with E-state index in [9.17, 15) is 20.0 Å². The number of nitro groups is 1. The molecule has 2 rings (SSSR count). The molecule has 1 aliphatic rings. The number of aliphatic hydroxyl groups is 1. The average molecular weight is 278 g/mol. The van der Waals surface area contributed by atoms with Gasteiger partial charge in [-0.2, -0.15) is 0 Å². The molecule has 1 aliphatic heterocycles. The number of hydrogen-bond donors (Lipinski definition) is 1. The first-order valence-electron chi connectivity index (χ1n) is 6.57. The van der Waals surface area contributed by atoms with Crippen molar-refractivity contribution in [1.29, 1.82) is 0 Å². The van der Waals surface area contributed by atoms with E-state index in [1.165, 1.54) is 19.1 Å². The normalized spacial score (nSPS) is 22.6. The van der Waals surface area contributed by atoms with Crippen LogP contribution in [0.1, 0.15) is 37.0 Å². The van der Waals surface area contributed by atoms with Gasteiger partial charge in [-0.05, 0) is 32.8 Å². The van der Waals surface area contributed by atoms with Crippen molar-refractivity contribution in [3.63, 3.8) is 0 Å². The van der Waals surface area contributed by atoms with Gasteiger partial charge in [0.1, 0.15) is 0 Å². The van der Waals surface area contributed by atoms with Gasteiger partial charge in [0, 0.05) is 36.5 Å². The molecule has 1 N–H and O–H groups in total.